The van der Waals surface area contributed by atoms with Gasteiger partial charge >= 0.3 is 0 Å². The molecule has 6 nitrogen and oxygen atoms in total. The summed E-state index contributed by atoms with van der Waals surface area (Å²) in [6, 6.07) is 3.64. The van der Waals surface area contributed by atoms with Gasteiger partial charge in [0.15, 0.2) is 11.5 Å². The molecule has 0 amide bonds. The summed E-state index contributed by atoms with van der Waals surface area (Å²) in [5, 5.41) is 10.6. The molecule has 23 heavy (non-hydrogen) atoms. The molecule has 0 aliphatic carbocycles. The number of piperazine rings is 1. The van der Waals surface area contributed by atoms with Crippen molar-refractivity contribution in [3.8, 4) is 17.2 Å². The van der Waals surface area contributed by atoms with Crippen LogP contribution in [0.15, 0.2) is 12.1 Å². The highest BCUT2D eigenvalue weighted by Gasteiger charge is 2.22. The number of ether oxygens (including phenoxy) is 3. The normalized spacial score (nSPS) is 17.8. The lowest BCUT2D eigenvalue weighted by Gasteiger charge is -2.32. The fourth-order valence-electron chi connectivity index (χ4n) is 2.92. The van der Waals surface area contributed by atoms with Crippen LogP contribution < -0.4 is 14.2 Å². The number of benzene rings is 1. The summed E-state index contributed by atoms with van der Waals surface area (Å²) in [6.07, 6.45) is 0.0691. The first-order valence-corrected chi connectivity index (χ1v) is 7.98. The van der Waals surface area contributed by atoms with E-state index < -0.39 is 6.10 Å². The van der Waals surface area contributed by atoms with Crippen molar-refractivity contribution in [1.29, 1.82) is 0 Å². The van der Waals surface area contributed by atoms with E-state index in [9.17, 15) is 5.11 Å². The zero-order valence-electron chi connectivity index (χ0n) is 14.5. The van der Waals surface area contributed by atoms with Crippen LogP contribution in [0.3, 0.4) is 0 Å². The fourth-order valence-corrected chi connectivity index (χ4v) is 2.92. The predicted octanol–water partition coefficient (Wildman–Crippen LogP) is 1.38. The van der Waals surface area contributed by atoms with E-state index in [-0.39, 0.29) is 0 Å². The minimum Gasteiger partial charge on any atom is -0.493 e. The van der Waals surface area contributed by atoms with Gasteiger partial charge in [-0.2, -0.15) is 0 Å². The average Bonchev–Trinajstić information content (AvgIpc) is 2.59. The molecule has 2 rings (SSSR count). The van der Waals surface area contributed by atoms with Gasteiger partial charge in [-0.1, -0.05) is 0 Å². The number of aliphatic hydroxyl groups excluding tert-OH is 1. The van der Waals surface area contributed by atoms with Crippen LogP contribution >= 0.6 is 0 Å². The molecule has 1 aliphatic rings. The molecule has 1 atom stereocenters. The second-order valence-corrected chi connectivity index (χ2v) is 5.87. The van der Waals surface area contributed by atoms with E-state index in [1.54, 1.807) is 27.4 Å². The van der Waals surface area contributed by atoms with Gasteiger partial charge in [-0.15, -0.1) is 0 Å². The highest BCUT2D eigenvalue weighted by molar-refractivity contribution is 5.56. The molecule has 0 radical (unpaired) electrons. The summed E-state index contributed by atoms with van der Waals surface area (Å²) in [5.41, 5.74) is 0.735. The van der Waals surface area contributed by atoms with Crippen LogP contribution in [-0.4, -0.2) is 76.0 Å². The third-order valence-electron chi connectivity index (χ3n) is 4.41. The zero-order valence-corrected chi connectivity index (χ0v) is 14.5. The molecule has 1 heterocycles. The minimum absolute atomic E-state index is 0.520. The van der Waals surface area contributed by atoms with Crippen LogP contribution in [0.5, 0.6) is 17.2 Å². The number of rotatable bonds is 7. The molecule has 0 bridgehead atoms. The van der Waals surface area contributed by atoms with E-state index in [4.69, 9.17) is 14.2 Å². The van der Waals surface area contributed by atoms with Gasteiger partial charge in [0.2, 0.25) is 5.75 Å². The van der Waals surface area contributed by atoms with E-state index in [1.165, 1.54) is 0 Å². The maximum atomic E-state index is 10.6. The predicted molar refractivity (Wildman–Crippen MR) is 89.6 cm³/mol. The first-order chi connectivity index (χ1) is 11.1. The van der Waals surface area contributed by atoms with Crippen LogP contribution in [0, 0.1) is 0 Å². The first kappa shape index (κ1) is 17.8. The van der Waals surface area contributed by atoms with Crippen LogP contribution in [0.4, 0.5) is 0 Å². The Morgan fingerprint density at radius 2 is 1.65 bits per heavy atom. The molecule has 1 fully saturated rings. The Kier molecular flexibility index (Phi) is 6.50. The molecule has 0 saturated carbocycles. The standard InChI is InChI=1S/C17H28N2O4/c1-18-9-11-19(12-10-18)8-7-14(20)13-5-6-15(21-2)17(23-4)16(13)22-3/h5-6,14,20H,7-12H2,1-4H3. The molecule has 6 heteroatoms. The Labute approximate surface area is 138 Å². The molecule has 1 unspecified atom stereocenters. The maximum Gasteiger partial charge on any atom is 0.203 e. The SMILES string of the molecule is COc1ccc(C(O)CCN2CCN(C)CC2)c(OC)c1OC. The molecular formula is C17H28N2O4. The van der Waals surface area contributed by atoms with Gasteiger partial charge in [-0.25, -0.2) is 0 Å². The lowest BCUT2D eigenvalue weighted by Crippen LogP contribution is -2.44. The van der Waals surface area contributed by atoms with Crippen molar-refractivity contribution in [3.05, 3.63) is 17.7 Å². The molecule has 1 aromatic rings. The highest BCUT2D eigenvalue weighted by atomic mass is 16.5. The van der Waals surface area contributed by atoms with Crippen LogP contribution in [0.1, 0.15) is 18.1 Å². The first-order valence-electron chi connectivity index (χ1n) is 7.98. The van der Waals surface area contributed by atoms with Gasteiger partial charge in [0.25, 0.3) is 0 Å². The van der Waals surface area contributed by atoms with Gasteiger partial charge in [0.1, 0.15) is 0 Å². The van der Waals surface area contributed by atoms with E-state index in [0.29, 0.717) is 23.7 Å². The molecule has 1 aromatic carbocycles. The van der Waals surface area contributed by atoms with Gasteiger partial charge in [-0.3, -0.25) is 0 Å². The second-order valence-electron chi connectivity index (χ2n) is 5.87. The van der Waals surface area contributed by atoms with Crippen molar-refractivity contribution in [1.82, 2.24) is 9.80 Å². The van der Waals surface area contributed by atoms with Crippen molar-refractivity contribution in [2.24, 2.45) is 0 Å². The number of likely N-dealkylation sites (N-methyl/N-ethyl adjacent to an activating group) is 1. The van der Waals surface area contributed by atoms with Crippen molar-refractivity contribution < 1.29 is 19.3 Å². The molecule has 1 N–H and O–H groups in total. The third-order valence-corrected chi connectivity index (χ3v) is 4.41. The lowest BCUT2D eigenvalue weighted by atomic mass is 10.0. The van der Waals surface area contributed by atoms with Gasteiger partial charge in [0.05, 0.1) is 27.4 Å². The van der Waals surface area contributed by atoms with Crippen LogP contribution in [0.25, 0.3) is 0 Å². The highest BCUT2D eigenvalue weighted by Crippen LogP contribution is 2.42. The molecule has 130 valence electrons. The Bertz CT molecular complexity index is 502. The summed E-state index contributed by atoms with van der Waals surface area (Å²) in [5.74, 6) is 1.66. The summed E-state index contributed by atoms with van der Waals surface area (Å²) < 4.78 is 16.1. The van der Waals surface area contributed by atoms with Crippen molar-refractivity contribution in [3.63, 3.8) is 0 Å². The molecule has 1 saturated heterocycles. The number of hydrogen-bond donors (Lipinski definition) is 1. The van der Waals surface area contributed by atoms with Crippen molar-refractivity contribution in [2.45, 2.75) is 12.5 Å². The fraction of sp³-hybridized carbons (Fsp3) is 0.647. The van der Waals surface area contributed by atoms with E-state index >= 15 is 0 Å². The Morgan fingerprint density at radius 1 is 1.00 bits per heavy atom. The quantitative estimate of drug-likeness (QED) is 0.818. The lowest BCUT2D eigenvalue weighted by molar-refractivity contribution is 0.111. The number of hydrogen-bond acceptors (Lipinski definition) is 6. The molecule has 0 spiro atoms. The number of aliphatic hydroxyl groups is 1. The summed E-state index contributed by atoms with van der Waals surface area (Å²) >= 11 is 0. The van der Waals surface area contributed by atoms with E-state index in [1.807, 2.05) is 6.07 Å². The number of nitrogens with zero attached hydrogens (tertiary/aromatic N) is 2. The Morgan fingerprint density at radius 3 is 2.22 bits per heavy atom. The minimum atomic E-state index is -0.593. The van der Waals surface area contributed by atoms with Crippen molar-refractivity contribution in [2.75, 3.05) is 61.1 Å². The monoisotopic (exact) mass is 324 g/mol. The van der Waals surface area contributed by atoms with Gasteiger partial charge < -0.3 is 29.1 Å². The summed E-state index contributed by atoms with van der Waals surface area (Å²) in [4.78, 5) is 4.71. The molecule has 1 aliphatic heterocycles. The number of methoxy groups -OCH3 is 3. The van der Waals surface area contributed by atoms with Crippen LogP contribution in [-0.2, 0) is 0 Å². The zero-order chi connectivity index (χ0) is 16.8. The second kappa shape index (κ2) is 8.38. The topological polar surface area (TPSA) is 54.4 Å². The summed E-state index contributed by atoms with van der Waals surface area (Å²) in [7, 11) is 6.87. The van der Waals surface area contributed by atoms with E-state index in [0.717, 1.165) is 38.3 Å². The van der Waals surface area contributed by atoms with Gasteiger partial charge in [-0.05, 0) is 25.6 Å². The van der Waals surface area contributed by atoms with Gasteiger partial charge in [0, 0.05) is 38.3 Å². The average molecular weight is 324 g/mol. The molecular weight excluding hydrogens is 296 g/mol. The molecule has 0 aromatic heterocycles. The summed E-state index contributed by atoms with van der Waals surface area (Å²) in [6.45, 7) is 5.12. The van der Waals surface area contributed by atoms with Crippen LogP contribution in [0.2, 0.25) is 0 Å². The van der Waals surface area contributed by atoms with Crippen molar-refractivity contribution >= 4 is 0 Å². The maximum absolute atomic E-state index is 10.6. The third kappa shape index (κ3) is 4.28. The van der Waals surface area contributed by atoms with E-state index in [2.05, 4.69) is 16.8 Å². The largest absolute Gasteiger partial charge is 0.493 e. The smallest absolute Gasteiger partial charge is 0.203 e. The Hall–Kier alpha value is -1.50. The Balaban J connectivity index is 2.05.